The largest absolute Gasteiger partial charge is 0.379 e. The Hall–Kier alpha value is -0.740. The molecule has 1 aromatic carbocycles. The molecule has 0 saturated carbocycles. The molecule has 0 fully saturated rings. The number of para-hydroxylation sites is 1. The second-order valence-corrected chi connectivity index (χ2v) is 6.80. The van der Waals surface area contributed by atoms with Gasteiger partial charge in [-0.3, -0.25) is 0 Å². The zero-order chi connectivity index (χ0) is 11.9. The van der Waals surface area contributed by atoms with E-state index in [0.29, 0.717) is 15.6 Å². The SMILES string of the molecule is CC(C)C1CS(=O)(=O)c2cccc(Cl)c2N1. The van der Waals surface area contributed by atoms with Crippen LogP contribution in [0.2, 0.25) is 5.02 Å². The molecule has 0 radical (unpaired) electrons. The lowest BCUT2D eigenvalue weighted by Crippen LogP contribution is -2.38. The summed E-state index contributed by atoms with van der Waals surface area (Å²) in [6.45, 7) is 3.99. The number of nitrogens with one attached hydrogen (secondary N) is 1. The summed E-state index contributed by atoms with van der Waals surface area (Å²) in [6.07, 6.45) is 0. The van der Waals surface area contributed by atoms with Crippen LogP contribution in [-0.2, 0) is 9.84 Å². The van der Waals surface area contributed by atoms with Crippen molar-refractivity contribution >= 4 is 27.1 Å². The second-order valence-electron chi connectivity index (χ2n) is 4.39. The molecule has 1 N–H and O–H groups in total. The Labute approximate surface area is 101 Å². The van der Waals surface area contributed by atoms with Gasteiger partial charge in [0.1, 0.15) is 0 Å². The normalized spacial score (nSPS) is 22.6. The molecule has 1 heterocycles. The molecular weight excluding hydrogens is 246 g/mol. The summed E-state index contributed by atoms with van der Waals surface area (Å²) in [6, 6.07) is 4.89. The molecule has 1 unspecified atom stereocenters. The summed E-state index contributed by atoms with van der Waals surface area (Å²) < 4.78 is 24.1. The molecule has 0 saturated heterocycles. The lowest BCUT2D eigenvalue weighted by atomic mass is 10.1. The topological polar surface area (TPSA) is 46.2 Å². The van der Waals surface area contributed by atoms with E-state index in [1.807, 2.05) is 13.8 Å². The molecule has 88 valence electrons. The van der Waals surface area contributed by atoms with Crippen molar-refractivity contribution in [1.82, 2.24) is 0 Å². The van der Waals surface area contributed by atoms with Crippen LogP contribution in [0.25, 0.3) is 0 Å². The van der Waals surface area contributed by atoms with E-state index in [2.05, 4.69) is 5.32 Å². The molecule has 3 nitrogen and oxygen atoms in total. The van der Waals surface area contributed by atoms with Crippen LogP contribution in [0, 0.1) is 5.92 Å². The lowest BCUT2D eigenvalue weighted by Gasteiger charge is -2.30. The molecule has 0 bridgehead atoms. The van der Waals surface area contributed by atoms with Crippen molar-refractivity contribution in [2.45, 2.75) is 24.8 Å². The first kappa shape index (κ1) is 11.7. The Balaban J connectivity index is 2.57. The van der Waals surface area contributed by atoms with Gasteiger partial charge >= 0.3 is 0 Å². The van der Waals surface area contributed by atoms with Gasteiger partial charge in [0.15, 0.2) is 9.84 Å². The molecule has 0 spiro atoms. The van der Waals surface area contributed by atoms with Crippen molar-refractivity contribution in [3.05, 3.63) is 23.2 Å². The van der Waals surface area contributed by atoms with Crippen molar-refractivity contribution in [2.24, 2.45) is 5.92 Å². The van der Waals surface area contributed by atoms with Crippen molar-refractivity contribution in [2.75, 3.05) is 11.1 Å². The summed E-state index contributed by atoms with van der Waals surface area (Å²) in [5, 5.41) is 3.67. The highest BCUT2D eigenvalue weighted by Crippen LogP contribution is 2.35. The van der Waals surface area contributed by atoms with Gasteiger partial charge in [0.2, 0.25) is 0 Å². The van der Waals surface area contributed by atoms with Gasteiger partial charge < -0.3 is 5.32 Å². The fraction of sp³-hybridized carbons (Fsp3) is 0.455. The van der Waals surface area contributed by atoms with Crippen molar-refractivity contribution < 1.29 is 8.42 Å². The maximum absolute atomic E-state index is 12.0. The van der Waals surface area contributed by atoms with Crippen LogP contribution in [0.3, 0.4) is 0 Å². The minimum atomic E-state index is -3.21. The molecule has 5 heteroatoms. The molecule has 1 aliphatic rings. The molecule has 0 aromatic heterocycles. The van der Waals surface area contributed by atoms with Crippen LogP contribution < -0.4 is 5.32 Å². The van der Waals surface area contributed by atoms with E-state index >= 15 is 0 Å². The number of hydrogen-bond donors (Lipinski definition) is 1. The number of halogens is 1. The molecule has 0 amide bonds. The zero-order valence-corrected chi connectivity index (χ0v) is 10.8. The third kappa shape index (κ3) is 1.92. The second kappa shape index (κ2) is 3.93. The van der Waals surface area contributed by atoms with Gasteiger partial charge in [-0.1, -0.05) is 31.5 Å². The van der Waals surface area contributed by atoms with Crippen LogP contribution in [0.5, 0.6) is 0 Å². The molecule has 1 aromatic rings. The predicted molar refractivity (Wildman–Crippen MR) is 65.8 cm³/mol. The van der Waals surface area contributed by atoms with E-state index in [0.717, 1.165) is 0 Å². The summed E-state index contributed by atoms with van der Waals surface area (Å²) in [5.74, 6) is 0.386. The quantitative estimate of drug-likeness (QED) is 0.843. The molecule has 1 atom stereocenters. The summed E-state index contributed by atoms with van der Waals surface area (Å²) >= 11 is 6.01. The summed E-state index contributed by atoms with van der Waals surface area (Å²) in [4.78, 5) is 0.317. The van der Waals surface area contributed by atoms with Gasteiger partial charge in [-0.15, -0.1) is 0 Å². The first-order valence-corrected chi connectivity index (χ1v) is 7.22. The molecular formula is C11H14ClNO2S. The van der Waals surface area contributed by atoms with Gasteiger partial charge in [-0.25, -0.2) is 8.42 Å². The summed E-state index contributed by atoms with van der Waals surface area (Å²) in [7, 11) is -3.21. The maximum atomic E-state index is 12.0. The fourth-order valence-electron chi connectivity index (χ4n) is 1.82. The van der Waals surface area contributed by atoms with E-state index in [4.69, 9.17) is 11.6 Å². The van der Waals surface area contributed by atoms with E-state index in [-0.39, 0.29) is 17.7 Å². The van der Waals surface area contributed by atoms with Gasteiger partial charge in [-0.2, -0.15) is 0 Å². The van der Waals surface area contributed by atoms with E-state index in [9.17, 15) is 8.42 Å². The Morgan fingerprint density at radius 1 is 1.44 bits per heavy atom. The predicted octanol–water partition coefficient (Wildman–Crippen LogP) is 2.56. The van der Waals surface area contributed by atoms with Crippen molar-refractivity contribution in [3.8, 4) is 0 Å². The zero-order valence-electron chi connectivity index (χ0n) is 9.20. The number of rotatable bonds is 1. The van der Waals surface area contributed by atoms with Crippen LogP contribution >= 0.6 is 11.6 Å². The number of anilines is 1. The Morgan fingerprint density at radius 2 is 2.12 bits per heavy atom. The van der Waals surface area contributed by atoms with Crippen LogP contribution in [0.15, 0.2) is 23.1 Å². The number of sulfone groups is 1. The van der Waals surface area contributed by atoms with Crippen LogP contribution in [-0.4, -0.2) is 20.2 Å². The first-order valence-electron chi connectivity index (χ1n) is 5.19. The van der Waals surface area contributed by atoms with E-state index < -0.39 is 9.84 Å². The van der Waals surface area contributed by atoms with E-state index in [1.165, 1.54) is 0 Å². The third-order valence-corrected chi connectivity index (χ3v) is 4.97. The van der Waals surface area contributed by atoms with E-state index in [1.54, 1.807) is 18.2 Å². The smallest absolute Gasteiger partial charge is 0.182 e. The Bertz CT molecular complexity index is 511. The Kier molecular flexibility index (Phi) is 2.88. The first-order chi connectivity index (χ1) is 7.42. The number of hydrogen-bond acceptors (Lipinski definition) is 3. The number of benzene rings is 1. The minimum absolute atomic E-state index is 0.0719. The van der Waals surface area contributed by atoms with Gasteiger partial charge in [0.25, 0.3) is 0 Å². The van der Waals surface area contributed by atoms with Crippen LogP contribution in [0.4, 0.5) is 5.69 Å². The molecule has 1 aliphatic heterocycles. The monoisotopic (exact) mass is 259 g/mol. The average Bonchev–Trinajstić information content (AvgIpc) is 2.18. The highest BCUT2D eigenvalue weighted by molar-refractivity contribution is 7.91. The highest BCUT2D eigenvalue weighted by atomic mass is 35.5. The highest BCUT2D eigenvalue weighted by Gasteiger charge is 2.32. The van der Waals surface area contributed by atoms with Gasteiger partial charge in [-0.05, 0) is 18.1 Å². The van der Waals surface area contributed by atoms with Gasteiger partial charge in [0, 0.05) is 6.04 Å². The minimum Gasteiger partial charge on any atom is -0.379 e. The van der Waals surface area contributed by atoms with Crippen LogP contribution in [0.1, 0.15) is 13.8 Å². The number of fused-ring (bicyclic) bond motifs is 1. The van der Waals surface area contributed by atoms with Gasteiger partial charge in [0.05, 0.1) is 21.4 Å². The van der Waals surface area contributed by atoms with Crippen molar-refractivity contribution in [3.63, 3.8) is 0 Å². The van der Waals surface area contributed by atoms with Crippen molar-refractivity contribution in [1.29, 1.82) is 0 Å². The summed E-state index contributed by atoms with van der Waals surface area (Å²) in [5.41, 5.74) is 0.550. The standard InChI is InChI=1S/C11H14ClNO2S/c1-7(2)9-6-16(14,15)10-5-3-4-8(12)11(10)13-9/h3-5,7,9,13H,6H2,1-2H3. The molecule has 0 aliphatic carbocycles. The molecule has 2 rings (SSSR count). The average molecular weight is 260 g/mol. The maximum Gasteiger partial charge on any atom is 0.182 e. The third-order valence-electron chi connectivity index (χ3n) is 2.84. The Morgan fingerprint density at radius 3 is 2.75 bits per heavy atom. The lowest BCUT2D eigenvalue weighted by molar-refractivity contribution is 0.531. The molecule has 16 heavy (non-hydrogen) atoms. The fourth-order valence-corrected chi connectivity index (χ4v) is 3.99.